The Morgan fingerprint density at radius 1 is 1.10 bits per heavy atom. The summed E-state index contributed by atoms with van der Waals surface area (Å²) in [6.45, 7) is 0.681. The molecule has 0 heterocycles. The van der Waals surface area contributed by atoms with Crippen LogP contribution in [0.4, 0.5) is 8.78 Å². The van der Waals surface area contributed by atoms with Crippen LogP contribution in [-0.4, -0.2) is 7.05 Å². The van der Waals surface area contributed by atoms with Gasteiger partial charge in [0.25, 0.3) is 0 Å². The first kappa shape index (κ1) is 14.8. The molecule has 0 radical (unpaired) electrons. The predicted molar refractivity (Wildman–Crippen MR) is 74.9 cm³/mol. The van der Waals surface area contributed by atoms with E-state index in [4.69, 9.17) is 16.3 Å². The maximum Gasteiger partial charge on any atom is 0.126 e. The lowest BCUT2D eigenvalue weighted by atomic mass is 10.2. The molecule has 0 aliphatic heterocycles. The third-order valence-corrected chi connectivity index (χ3v) is 2.94. The van der Waals surface area contributed by atoms with Crippen LogP contribution in [0.15, 0.2) is 36.4 Å². The zero-order valence-electron chi connectivity index (χ0n) is 10.9. The summed E-state index contributed by atoms with van der Waals surface area (Å²) in [5.41, 5.74) is 1.32. The maximum absolute atomic E-state index is 13.1. The summed E-state index contributed by atoms with van der Waals surface area (Å²) < 4.78 is 31.8. The molecule has 0 saturated carbocycles. The van der Waals surface area contributed by atoms with Crippen molar-refractivity contribution in [1.29, 1.82) is 0 Å². The minimum absolute atomic E-state index is 0.0903. The highest BCUT2D eigenvalue weighted by atomic mass is 35.5. The molecule has 0 atom stereocenters. The van der Waals surface area contributed by atoms with Gasteiger partial charge in [-0.1, -0.05) is 11.6 Å². The van der Waals surface area contributed by atoms with Crippen molar-refractivity contribution in [2.75, 3.05) is 7.05 Å². The molecule has 2 rings (SSSR count). The summed E-state index contributed by atoms with van der Waals surface area (Å²) in [5.74, 6) is -0.598. The predicted octanol–water partition coefficient (Wildman–Crippen LogP) is 3.92. The van der Waals surface area contributed by atoms with E-state index < -0.39 is 11.6 Å². The molecule has 0 fully saturated rings. The summed E-state index contributed by atoms with van der Waals surface area (Å²) in [7, 11) is 1.81. The van der Waals surface area contributed by atoms with E-state index in [1.54, 1.807) is 18.2 Å². The minimum Gasteiger partial charge on any atom is -0.489 e. The van der Waals surface area contributed by atoms with Gasteiger partial charge in [0.2, 0.25) is 0 Å². The third kappa shape index (κ3) is 3.92. The van der Waals surface area contributed by atoms with Gasteiger partial charge in [-0.05, 0) is 42.9 Å². The van der Waals surface area contributed by atoms with E-state index in [1.807, 2.05) is 7.05 Å². The Labute approximate surface area is 121 Å². The Bertz CT molecular complexity index is 584. The van der Waals surface area contributed by atoms with Gasteiger partial charge in [-0.3, -0.25) is 0 Å². The molecule has 20 heavy (non-hydrogen) atoms. The summed E-state index contributed by atoms with van der Waals surface area (Å²) in [6.07, 6.45) is 0. The van der Waals surface area contributed by atoms with Gasteiger partial charge >= 0.3 is 0 Å². The first-order valence-corrected chi connectivity index (χ1v) is 6.47. The fourth-order valence-electron chi connectivity index (χ4n) is 1.87. The number of hydrogen-bond acceptors (Lipinski definition) is 2. The molecule has 0 aliphatic carbocycles. The van der Waals surface area contributed by atoms with Crippen LogP contribution in [0, 0.1) is 11.6 Å². The second-order valence-electron chi connectivity index (χ2n) is 4.35. The molecule has 0 spiro atoms. The molecule has 0 amide bonds. The van der Waals surface area contributed by atoms with Crippen LogP contribution in [0.3, 0.4) is 0 Å². The van der Waals surface area contributed by atoms with Gasteiger partial charge in [0.15, 0.2) is 0 Å². The summed E-state index contributed by atoms with van der Waals surface area (Å²) in [5, 5.41) is 3.62. The van der Waals surface area contributed by atoms with E-state index in [9.17, 15) is 8.78 Å². The minimum atomic E-state index is -0.616. The normalized spacial score (nSPS) is 10.6. The van der Waals surface area contributed by atoms with Crippen molar-refractivity contribution in [3.05, 3.63) is 64.2 Å². The highest BCUT2D eigenvalue weighted by Crippen LogP contribution is 2.24. The lowest BCUT2D eigenvalue weighted by Crippen LogP contribution is -2.07. The lowest BCUT2D eigenvalue weighted by Gasteiger charge is -2.12. The fourth-order valence-corrected chi connectivity index (χ4v) is 2.07. The highest BCUT2D eigenvalue weighted by molar-refractivity contribution is 6.30. The molecule has 1 N–H and O–H groups in total. The Balaban J connectivity index is 2.13. The standard InChI is InChI=1S/C15H14ClF2NO/c1-19-8-11-6-12(16)2-3-15(11)20-9-10-4-13(17)7-14(18)5-10/h2-7,19H,8-9H2,1H3. The fraction of sp³-hybridized carbons (Fsp3) is 0.200. The monoisotopic (exact) mass is 297 g/mol. The second kappa shape index (κ2) is 6.68. The first-order chi connectivity index (χ1) is 9.58. The maximum atomic E-state index is 13.1. The summed E-state index contributed by atoms with van der Waals surface area (Å²) in [4.78, 5) is 0. The molecule has 2 nitrogen and oxygen atoms in total. The molecule has 2 aromatic carbocycles. The number of ether oxygens (including phenoxy) is 1. The van der Waals surface area contributed by atoms with Crippen LogP contribution in [0.25, 0.3) is 0 Å². The van der Waals surface area contributed by atoms with Crippen molar-refractivity contribution in [3.63, 3.8) is 0 Å². The topological polar surface area (TPSA) is 21.3 Å². The zero-order valence-corrected chi connectivity index (χ0v) is 11.7. The van der Waals surface area contributed by atoms with Crippen molar-refractivity contribution in [1.82, 2.24) is 5.32 Å². The van der Waals surface area contributed by atoms with E-state index in [1.165, 1.54) is 12.1 Å². The number of nitrogens with one attached hydrogen (secondary N) is 1. The summed E-state index contributed by atoms with van der Waals surface area (Å²) in [6, 6.07) is 8.57. The Hall–Kier alpha value is -1.65. The van der Waals surface area contributed by atoms with Gasteiger partial charge in [-0.25, -0.2) is 8.78 Å². The second-order valence-corrected chi connectivity index (χ2v) is 4.79. The van der Waals surface area contributed by atoms with Crippen LogP contribution in [0.5, 0.6) is 5.75 Å². The van der Waals surface area contributed by atoms with Gasteiger partial charge in [0.1, 0.15) is 24.0 Å². The number of benzene rings is 2. The molecule has 0 aliphatic rings. The van der Waals surface area contributed by atoms with E-state index in [0.29, 0.717) is 22.9 Å². The lowest BCUT2D eigenvalue weighted by molar-refractivity contribution is 0.301. The number of rotatable bonds is 5. The Kier molecular flexibility index (Phi) is 4.93. The average molecular weight is 298 g/mol. The molecular weight excluding hydrogens is 284 g/mol. The van der Waals surface area contributed by atoms with Crippen LogP contribution >= 0.6 is 11.6 Å². The van der Waals surface area contributed by atoms with Crippen molar-refractivity contribution < 1.29 is 13.5 Å². The Morgan fingerprint density at radius 2 is 1.80 bits per heavy atom. The van der Waals surface area contributed by atoms with Crippen molar-refractivity contribution in [2.45, 2.75) is 13.2 Å². The molecule has 0 saturated heterocycles. The van der Waals surface area contributed by atoms with Crippen LogP contribution in [0.2, 0.25) is 5.02 Å². The van der Waals surface area contributed by atoms with Gasteiger partial charge in [0.05, 0.1) is 0 Å². The van der Waals surface area contributed by atoms with Crippen molar-refractivity contribution >= 4 is 11.6 Å². The van der Waals surface area contributed by atoms with Crippen LogP contribution in [-0.2, 0) is 13.2 Å². The van der Waals surface area contributed by atoms with Crippen LogP contribution < -0.4 is 10.1 Å². The first-order valence-electron chi connectivity index (χ1n) is 6.09. The molecule has 106 valence electrons. The molecule has 0 aromatic heterocycles. The molecule has 5 heteroatoms. The van der Waals surface area contributed by atoms with Gasteiger partial charge in [0, 0.05) is 23.2 Å². The number of halogens is 3. The Morgan fingerprint density at radius 3 is 2.45 bits per heavy atom. The van der Waals surface area contributed by atoms with Crippen LogP contribution in [0.1, 0.15) is 11.1 Å². The molecular formula is C15H14ClF2NO. The van der Waals surface area contributed by atoms with Crippen molar-refractivity contribution in [2.24, 2.45) is 0 Å². The SMILES string of the molecule is CNCc1cc(Cl)ccc1OCc1cc(F)cc(F)c1. The quantitative estimate of drug-likeness (QED) is 0.903. The highest BCUT2D eigenvalue weighted by Gasteiger charge is 2.06. The molecule has 2 aromatic rings. The van der Waals surface area contributed by atoms with E-state index >= 15 is 0 Å². The average Bonchev–Trinajstić information content (AvgIpc) is 2.37. The van der Waals surface area contributed by atoms with E-state index in [2.05, 4.69) is 5.32 Å². The van der Waals surface area contributed by atoms with Crippen molar-refractivity contribution in [3.8, 4) is 5.75 Å². The van der Waals surface area contributed by atoms with Gasteiger partial charge < -0.3 is 10.1 Å². The van der Waals surface area contributed by atoms with Gasteiger partial charge in [-0.15, -0.1) is 0 Å². The third-order valence-electron chi connectivity index (χ3n) is 2.71. The summed E-state index contributed by atoms with van der Waals surface area (Å²) >= 11 is 5.93. The van der Waals surface area contributed by atoms with Gasteiger partial charge in [-0.2, -0.15) is 0 Å². The zero-order chi connectivity index (χ0) is 14.5. The largest absolute Gasteiger partial charge is 0.489 e. The van der Waals surface area contributed by atoms with E-state index in [-0.39, 0.29) is 6.61 Å². The number of hydrogen-bond donors (Lipinski definition) is 1. The molecule has 0 bridgehead atoms. The van der Waals surface area contributed by atoms with E-state index in [0.717, 1.165) is 11.6 Å². The smallest absolute Gasteiger partial charge is 0.126 e. The molecule has 0 unspecified atom stereocenters.